The number of anilines is 1. The number of rotatable bonds is 8. The zero-order valence-electron chi connectivity index (χ0n) is 16.6. The van der Waals surface area contributed by atoms with Gasteiger partial charge in [-0.3, -0.25) is 9.59 Å². The van der Waals surface area contributed by atoms with Crippen LogP contribution < -0.4 is 10.0 Å². The van der Waals surface area contributed by atoms with Gasteiger partial charge in [0.2, 0.25) is 15.9 Å². The lowest BCUT2D eigenvalue weighted by atomic mass is 9.98. The summed E-state index contributed by atoms with van der Waals surface area (Å²) in [5, 5.41) is 2.89. The lowest BCUT2D eigenvalue weighted by Crippen LogP contribution is -2.28. The zero-order valence-corrected chi connectivity index (χ0v) is 17.4. The largest absolute Gasteiger partial charge is 0.326 e. The molecule has 0 aliphatic rings. The van der Waals surface area contributed by atoms with Crippen LogP contribution in [0.1, 0.15) is 54.6 Å². The number of ketones is 1. The fraction of sp³-hybridized carbons (Fsp3) is 0.333. The Morgan fingerprint density at radius 2 is 1.75 bits per heavy atom. The molecular weight excluding hydrogens is 376 g/mol. The number of hydrogen-bond acceptors (Lipinski definition) is 4. The highest BCUT2D eigenvalue weighted by Crippen LogP contribution is 2.27. The van der Waals surface area contributed by atoms with Crippen molar-refractivity contribution >= 4 is 27.4 Å². The maximum atomic E-state index is 12.4. The van der Waals surface area contributed by atoms with Gasteiger partial charge in [-0.05, 0) is 43.0 Å². The SMILES string of the molecule is CC(=O)c1cccc(S(=O)(=O)NCCC(=O)Nc2c(C)cccc2C(C)C)c1. The second-order valence-electron chi connectivity index (χ2n) is 6.97. The Hall–Kier alpha value is -2.51. The number of nitrogens with one attached hydrogen (secondary N) is 2. The third-order valence-electron chi connectivity index (χ3n) is 4.39. The fourth-order valence-electron chi connectivity index (χ4n) is 2.81. The van der Waals surface area contributed by atoms with Crippen molar-refractivity contribution in [2.24, 2.45) is 0 Å². The van der Waals surface area contributed by atoms with Crippen molar-refractivity contribution in [3.8, 4) is 0 Å². The van der Waals surface area contributed by atoms with Crippen LogP contribution in [0, 0.1) is 6.92 Å². The first-order chi connectivity index (χ1) is 13.1. The molecule has 0 atom stereocenters. The molecule has 7 heteroatoms. The summed E-state index contributed by atoms with van der Waals surface area (Å²) in [6.45, 7) is 7.36. The van der Waals surface area contributed by atoms with E-state index in [1.54, 1.807) is 6.07 Å². The predicted molar refractivity (Wildman–Crippen MR) is 110 cm³/mol. The van der Waals surface area contributed by atoms with Crippen molar-refractivity contribution in [3.63, 3.8) is 0 Å². The minimum atomic E-state index is -3.80. The molecule has 0 bridgehead atoms. The van der Waals surface area contributed by atoms with Gasteiger partial charge in [-0.1, -0.05) is 44.2 Å². The van der Waals surface area contributed by atoms with E-state index in [0.29, 0.717) is 5.56 Å². The van der Waals surface area contributed by atoms with Crippen molar-refractivity contribution in [2.75, 3.05) is 11.9 Å². The molecule has 0 unspecified atom stereocenters. The summed E-state index contributed by atoms with van der Waals surface area (Å²) in [7, 11) is -3.80. The Kier molecular flexibility index (Phi) is 7.10. The van der Waals surface area contributed by atoms with Crippen molar-refractivity contribution < 1.29 is 18.0 Å². The van der Waals surface area contributed by atoms with E-state index in [0.717, 1.165) is 16.8 Å². The van der Waals surface area contributed by atoms with E-state index in [-0.39, 0.29) is 35.5 Å². The molecule has 2 aromatic rings. The molecule has 6 nitrogen and oxygen atoms in total. The van der Waals surface area contributed by atoms with Gasteiger partial charge in [0.15, 0.2) is 5.78 Å². The molecule has 1 amide bonds. The number of sulfonamides is 1. The van der Waals surface area contributed by atoms with Crippen LogP contribution in [0.4, 0.5) is 5.69 Å². The molecule has 2 aromatic carbocycles. The number of carbonyl (C=O) groups is 2. The number of aryl methyl sites for hydroxylation is 1. The van der Waals surface area contributed by atoms with E-state index in [2.05, 4.69) is 10.0 Å². The lowest BCUT2D eigenvalue weighted by molar-refractivity contribution is -0.116. The normalized spacial score (nSPS) is 11.5. The van der Waals surface area contributed by atoms with Crippen LogP contribution in [0.15, 0.2) is 47.4 Å². The minimum Gasteiger partial charge on any atom is -0.326 e. The van der Waals surface area contributed by atoms with Gasteiger partial charge in [0, 0.05) is 24.2 Å². The predicted octanol–water partition coefficient (Wildman–Crippen LogP) is 3.63. The standard InChI is InChI=1S/C21H26N2O4S/c1-14(2)19-10-5-7-15(3)21(19)23-20(25)11-12-22-28(26,27)18-9-6-8-17(13-18)16(4)24/h5-10,13-14,22H,11-12H2,1-4H3,(H,23,25). The highest BCUT2D eigenvalue weighted by molar-refractivity contribution is 7.89. The van der Waals surface area contributed by atoms with Crippen LogP contribution >= 0.6 is 0 Å². The third-order valence-corrected chi connectivity index (χ3v) is 5.85. The number of Topliss-reactive ketones (excluding diaryl/α,β-unsaturated/α-hetero) is 1. The Bertz CT molecular complexity index is 982. The second kappa shape index (κ2) is 9.12. The maximum Gasteiger partial charge on any atom is 0.240 e. The van der Waals surface area contributed by atoms with Crippen molar-refractivity contribution in [1.82, 2.24) is 4.72 Å². The van der Waals surface area contributed by atoms with Gasteiger partial charge in [0.05, 0.1) is 4.90 Å². The van der Waals surface area contributed by atoms with E-state index >= 15 is 0 Å². The van der Waals surface area contributed by atoms with Crippen LogP contribution in [-0.2, 0) is 14.8 Å². The monoisotopic (exact) mass is 402 g/mol. The molecule has 0 heterocycles. The van der Waals surface area contributed by atoms with Crippen LogP contribution in [0.2, 0.25) is 0 Å². The molecule has 150 valence electrons. The molecule has 0 aliphatic carbocycles. The topological polar surface area (TPSA) is 92.3 Å². The first-order valence-corrected chi connectivity index (χ1v) is 10.6. The molecule has 0 radical (unpaired) electrons. The number of hydrogen-bond donors (Lipinski definition) is 2. The number of benzene rings is 2. The average molecular weight is 403 g/mol. The first kappa shape index (κ1) is 21.8. The van der Waals surface area contributed by atoms with Crippen LogP contribution in [0.3, 0.4) is 0 Å². The molecular formula is C21H26N2O4S. The third kappa shape index (κ3) is 5.50. The lowest BCUT2D eigenvalue weighted by Gasteiger charge is -2.16. The summed E-state index contributed by atoms with van der Waals surface area (Å²) in [4.78, 5) is 23.8. The molecule has 0 aliphatic heterocycles. The van der Waals surface area contributed by atoms with Gasteiger partial charge in [0.1, 0.15) is 0 Å². The number of para-hydroxylation sites is 1. The van der Waals surface area contributed by atoms with E-state index < -0.39 is 10.0 Å². The van der Waals surface area contributed by atoms with E-state index in [4.69, 9.17) is 0 Å². The summed E-state index contributed by atoms with van der Waals surface area (Å²) in [6.07, 6.45) is -0.00248. The molecule has 2 rings (SSSR count). The van der Waals surface area contributed by atoms with E-state index in [9.17, 15) is 18.0 Å². The molecule has 28 heavy (non-hydrogen) atoms. The fourth-order valence-corrected chi connectivity index (χ4v) is 3.89. The summed E-state index contributed by atoms with van der Waals surface area (Å²) < 4.78 is 27.2. The molecule has 0 aromatic heterocycles. The van der Waals surface area contributed by atoms with Gasteiger partial charge in [-0.25, -0.2) is 13.1 Å². The summed E-state index contributed by atoms with van der Waals surface area (Å²) in [5.41, 5.74) is 3.09. The Balaban J connectivity index is 2.01. The smallest absolute Gasteiger partial charge is 0.240 e. The molecule has 0 saturated carbocycles. The van der Waals surface area contributed by atoms with Gasteiger partial charge in [-0.2, -0.15) is 0 Å². The van der Waals surface area contributed by atoms with Crippen LogP contribution in [-0.4, -0.2) is 26.7 Å². The molecule has 0 saturated heterocycles. The number of amides is 1. The highest BCUT2D eigenvalue weighted by atomic mass is 32.2. The Morgan fingerprint density at radius 3 is 2.39 bits per heavy atom. The maximum absolute atomic E-state index is 12.4. The summed E-state index contributed by atoms with van der Waals surface area (Å²) >= 11 is 0. The van der Waals surface area contributed by atoms with Crippen molar-refractivity contribution in [2.45, 2.75) is 44.9 Å². The van der Waals surface area contributed by atoms with Crippen LogP contribution in [0.25, 0.3) is 0 Å². The average Bonchev–Trinajstić information content (AvgIpc) is 2.63. The summed E-state index contributed by atoms with van der Waals surface area (Å²) in [6, 6.07) is 11.7. The Labute approximate surface area is 166 Å². The second-order valence-corrected chi connectivity index (χ2v) is 8.74. The van der Waals surface area contributed by atoms with Gasteiger partial charge in [-0.15, -0.1) is 0 Å². The zero-order chi connectivity index (χ0) is 20.9. The highest BCUT2D eigenvalue weighted by Gasteiger charge is 2.16. The number of carbonyl (C=O) groups excluding carboxylic acids is 2. The van der Waals surface area contributed by atoms with Gasteiger partial charge in [0.25, 0.3) is 0 Å². The summed E-state index contributed by atoms with van der Waals surface area (Å²) in [5.74, 6) is -0.228. The Morgan fingerprint density at radius 1 is 1.07 bits per heavy atom. The first-order valence-electron chi connectivity index (χ1n) is 9.12. The van der Waals surface area contributed by atoms with Crippen LogP contribution in [0.5, 0.6) is 0 Å². The molecule has 0 spiro atoms. The minimum absolute atomic E-state index is 0.00149. The molecule has 0 fully saturated rings. The van der Waals surface area contributed by atoms with Crippen molar-refractivity contribution in [1.29, 1.82) is 0 Å². The van der Waals surface area contributed by atoms with E-state index in [1.165, 1.54) is 25.1 Å². The molecule has 2 N–H and O–H groups in total. The van der Waals surface area contributed by atoms with Gasteiger partial charge < -0.3 is 5.32 Å². The van der Waals surface area contributed by atoms with Gasteiger partial charge >= 0.3 is 0 Å². The van der Waals surface area contributed by atoms with E-state index in [1.807, 2.05) is 39.0 Å². The quantitative estimate of drug-likeness (QED) is 0.660. The van der Waals surface area contributed by atoms with Crippen molar-refractivity contribution in [3.05, 3.63) is 59.2 Å².